The number of hydrogen-bond donors (Lipinski definition) is 0. The minimum atomic E-state index is -3.75. The van der Waals surface area contributed by atoms with Crippen LogP contribution in [0.4, 0.5) is 0 Å². The van der Waals surface area contributed by atoms with Crippen LogP contribution in [-0.2, 0) is 17.1 Å². The SMILES string of the molecule is Cc1nc([C@@H](C)N(C)S(=O)(=O)c2c(C)nn(C)c2Cl)c(C)s1. The number of hydrogen-bond acceptors (Lipinski definition) is 5. The zero-order valence-electron chi connectivity index (χ0n) is 13.4. The largest absolute Gasteiger partial charge is 0.255 e. The molecule has 0 aliphatic rings. The molecular weight excluding hydrogens is 344 g/mol. The van der Waals surface area contributed by atoms with Crippen LogP contribution < -0.4 is 0 Å². The molecule has 1 atom stereocenters. The van der Waals surface area contributed by atoms with Crippen molar-refractivity contribution < 1.29 is 8.42 Å². The zero-order valence-corrected chi connectivity index (χ0v) is 15.8. The first-order chi connectivity index (χ1) is 10.1. The van der Waals surface area contributed by atoms with Crippen molar-refractivity contribution in [2.75, 3.05) is 7.05 Å². The maximum absolute atomic E-state index is 12.9. The Morgan fingerprint density at radius 1 is 1.32 bits per heavy atom. The molecule has 2 rings (SSSR count). The number of sulfonamides is 1. The van der Waals surface area contributed by atoms with E-state index in [4.69, 9.17) is 11.6 Å². The fraction of sp³-hybridized carbons (Fsp3) is 0.538. The fourth-order valence-electron chi connectivity index (χ4n) is 2.36. The summed E-state index contributed by atoms with van der Waals surface area (Å²) in [6.07, 6.45) is 0. The summed E-state index contributed by atoms with van der Waals surface area (Å²) in [7, 11) is -0.596. The molecule has 0 amide bonds. The number of rotatable bonds is 4. The van der Waals surface area contributed by atoms with E-state index in [0.717, 1.165) is 15.6 Å². The molecule has 0 fully saturated rings. The minimum absolute atomic E-state index is 0.0515. The number of aromatic nitrogens is 3. The van der Waals surface area contributed by atoms with Crippen LogP contribution >= 0.6 is 22.9 Å². The molecule has 2 heterocycles. The van der Waals surface area contributed by atoms with Crippen LogP contribution in [-0.4, -0.2) is 34.5 Å². The number of halogens is 1. The highest BCUT2D eigenvalue weighted by molar-refractivity contribution is 7.89. The quantitative estimate of drug-likeness (QED) is 0.838. The van der Waals surface area contributed by atoms with Gasteiger partial charge in [-0.05, 0) is 27.7 Å². The third-order valence-electron chi connectivity index (χ3n) is 3.62. The molecule has 9 heteroatoms. The Bertz CT molecular complexity index is 810. The molecule has 0 bridgehead atoms. The summed E-state index contributed by atoms with van der Waals surface area (Å²) in [6, 6.07) is -0.384. The van der Waals surface area contributed by atoms with E-state index in [0.29, 0.717) is 5.69 Å². The van der Waals surface area contributed by atoms with Gasteiger partial charge in [-0.25, -0.2) is 13.4 Å². The minimum Gasteiger partial charge on any atom is -0.255 e. The summed E-state index contributed by atoms with van der Waals surface area (Å²) >= 11 is 7.67. The third kappa shape index (κ3) is 2.80. The molecule has 0 saturated heterocycles. The van der Waals surface area contributed by atoms with Crippen molar-refractivity contribution in [3.8, 4) is 0 Å². The lowest BCUT2D eigenvalue weighted by atomic mass is 10.2. The normalized spacial score (nSPS) is 13.8. The number of nitrogens with zero attached hydrogens (tertiary/aromatic N) is 4. The van der Waals surface area contributed by atoms with E-state index < -0.39 is 10.0 Å². The highest BCUT2D eigenvalue weighted by Gasteiger charge is 2.33. The second-order valence-electron chi connectivity index (χ2n) is 5.20. The van der Waals surface area contributed by atoms with Gasteiger partial charge in [0.05, 0.1) is 22.4 Å². The van der Waals surface area contributed by atoms with Crippen LogP contribution in [0.5, 0.6) is 0 Å². The van der Waals surface area contributed by atoms with Crippen molar-refractivity contribution in [1.82, 2.24) is 19.1 Å². The average molecular weight is 363 g/mol. The standard InChI is InChI=1S/C13H19ClN4O2S2/c1-7-12(13(14)17(5)16-7)22(19,20)18(6)8(2)11-9(3)21-10(4)15-11/h8H,1-6H3/t8-/m1/s1. The van der Waals surface area contributed by atoms with E-state index in [1.807, 2.05) is 20.8 Å². The van der Waals surface area contributed by atoms with Crippen molar-refractivity contribution >= 4 is 33.0 Å². The molecule has 0 aliphatic carbocycles. The Labute approximate surface area is 139 Å². The van der Waals surface area contributed by atoms with Crippen LogP contribution in [0.25, 0.3) is 0 Å². The topological polar surface area (TPSA) is 68.1 Å². The first-order valence-corrected chi connectivity index (χ1v) is 9.31. The van der Waals surface area contributed by atoms with E-state index in [-0.39, 0.29) is 16.1 Å². The van der Waals surface area contributed by atoms with Gasteiger partial charge in [-0.1, -0.05) is 11.6 Å². The predicted molar refractivity (Wildman–Crippen MR) is 87.9 cm³/mol. The summed E-state index contributed by atoms with van der Waals surface area (Å²) in [5.41, 5.74) is 1.16. The molecule has 0 spiro atoms. The van der Waals surface area contributed by atoms with Gasteiger partial charge in [-0.3, -0.25) is 4.68 Å². The first kappa shape index (κ1) is 17.4. The van der Waals surface area contributed by atoms with Crippen molar-refractivity contribution in [1.29, 1.82) is 0 Å². The molecule has 2 aromatic rings. The van der Waals surface area contributed by atoms with Gasteiger partial charge in [-0.15, -0.1) is 11.3 Å². The average Bonchev–Trinajstić information content (AvgIpc) is 2.87. The molecule has 22 heavy (non-hydrogen) atoms. The second-order valence-corrected chi connectivity index (χ2v) is 8.90. The highest BCUT2D eigenvalue weighted by Crippen LogP contribution is 2.33. The van der Waals surface area contributed by atoms with E-state index in [1.165, 1.54) is 16.0 Å². The number of aryl methyl sites for hydroxylation is 4. The second kappa shape index (κ2) is 5.92. The van der Waals surface area contributed by atoms with Gasteiger partial charge in [0.25, 0.3) is 0 Å². The summed E-state index contributed by atoms with van der Waals surface area (Å²) in [4.78, 5) is 5.51. The van der Waals surface area contributed by atoms with Crippen LogP contribution in [0.2, 0.25) is 5.15 Å². The Morgan fingerprint density at radius 2 is 1.91 bits per heavy atom. The van der Waals surface area contributed by atoms with Crippen LogP contribution in [0.15, 0.2) is 4.90 Å². The highest BCUT2D eigenvalue weighted by atomic mass is 35.5. The Kier molecular flexibility index (Phi) is 4.68. The lowest BCUT2D eigenvalue weighted by Crippen LogP contribution is -2.30. The lowest BCUT2D eigenvalue weighted by Gasteiger charge is -2.23. The van der Waals surface area contributed by atoms with Crippen LogP contribution in [0.3, 0.4) is 0 Å². The van der Waals surface area contributed by atoms with Gasteiger partial charge in [0.1, 0.15) is 10.0 Å². The summed E-state index contributed by atoms with van der Waals surface area (Å²) in [5, 5.41) is 5.11. The molecule has 0 unspecified atom stereocenters. The Hall–Kier alpha value is -0.960. The summed E-state index contributed by atoms with van der Waals surface area (Å²) < 4.78 is 28.4. The summed E-state index contributed by atoms with van der Waals surface area (Å²) in [5.74, 6) is 0. The smallest absolute Gasteiger partial charge is 0.248 e. The van der Waals surface area contributed by atoms with Gasteiger partial charge in [0, 0.05) is 19.0 Å². The zero-order chi connectivity index (χ0) is 16.8. The monoisotopic (exact) mass is 362 g/mol. The third-order valence-corrected chi connectivity index (χ3v) is 7.14. The number of thiazole rings is 1. The molecule has 6 nitrogen and oxygen atoms in total. The molecule has 2 aromatic heterocycles. The molecule has 0 aromatic carbocycles. The maximum Gasteiger partial charge on any atom is 0.248 e. The van der Waals surface area contributed by atoms with E-state index in [1.54, 1.807) is 25.3 Å². The van der Waals surface area contributed by atoms with Gasteiger partial charge >= 0.3 is 0 Å². The molecule has 0 radical (unpaired) electrons. The summed E-state index contributed by atoms with van der Waals surface area (Å²) in [6.45, 7) is 7.30. The van der Waals surface area contributed by atoms with E-state index in [2.05, 4.69) is 10.1 Å². The van der Waals surface area contributed by atoms with Crippen molar-refractivity contribution in [3.05, 3.63) is 26.4 Å². The van der Waals surface area contributed by atoms with Gasteiger partial charge in [0.15, 0.2) is 0 Å². The Morgan fingerprint density at radius 3 is 2.32 bits per heavy atom. The molecule has 0 N–H and O–H groups in total. The Balaban J connectivity index is 2.47. The fourth-order valence-corrected chi connectivity index (χ4v) is 5.30. The van der Waals surface area contributed by atoms with Crippen LogP contribution in [0, 0.1) is 20.8 Å². The van der Waals surface area contributed by atoms with E-state index >= 15 is 0 Å². The van der Waals surface area contributed by atoms with E-state index in [9.17, 15) is 8.42 Å². The van der Waals surface area contributed by atoms with Gasteiger partial charge in [-0.2, -0.15) is 9.40 Å². The van der Waals surface area contributed by atoms with Crippen molar-refractivity contribution in [3.63, 3.8) is 0 Å². The molecular formula is C13H19ClN4O2S2. The molecule has 122 valence electrons. The maximum atomic E-state index is 12.9. The van der Waals surface area contributed by atoms with Gasteiger partial charge in [0.2, 0.25) is 10.0 Å². The van der Waals surface area contributed by atoms with Crippen LogP contribution in [0.1, 0.15) is 34.2 Å². The first-order valence-electron chi connectivity index (χ1n) is 6.68. The molecule has 0 aliphatic heterocycles. The predicted octanol–water partition coefficient (Wildman–Crippen LogP) is 2.84. The molecule has 0 saturated carbocycles. The van der Waals surface area contributed by atoms with Gasteiger partial charge < -0.3 is 0 Å². The lowest BCUT2D eigenvalue weighted by molar-refractivity contribution is 0.391. The van der Waals surface area contributed by atoms with Crippen molar-refractivity contribution in [2.24, 2.45) is 7.05 Å². The van der Waals surface area contributed by atoms with Crippen molar-refractivity contribution in [2.45, 2.75) is 38.6 Å².